The normalized spacial score (nSPS) is 10.4. The SMILES string of the molecule is COC(=O)c1ccc(Nc2cc(NCCc3ccc(F)cc3)nc(C)n2)cc1. The molecule has 0 atom stereocenters. The van der Waals surface area contributed by atoms with Gasteiger partial charge in [-0.3, -0.25) is 0 Å². The van der Waals surface area contributed by atoms with Crippen LogP contribution in [-0.2, 0) is 11.2 Å². The van der Waals surface area contributed by atoms with Crippen LogP contribution in [0.3, 0.4) is 0 Å². The van der Waals surface area contributed by atoms with Crippen LogP contribution in [0.2, 0.25) is 0 Å². The summed E-state index contributed by atoms with van der Waals surface area (Å²) < 4.78 is 17.7. The van der Waals surface area contributed by atoms with E-state index in [-0.39, 0.29) is 11.8 Å². The van der Waals surface area contributed by atoms with Gasteiger partial charge in [-0.2, -0.15) is 0 Å². The molecule has 7 heteroatoms. The van der Waals surface area contributed by atoms with Crippen molar-refractivity contribution in [3.8, 4) is 0 Å². The van der Waals surface area contributed by atoms with Crippen LogP contribution in [0.5, 0.6) is 0 Å². The number of carbonyl (C=O) groups excluding carboxylic acids is 1. The van der Waals surface area contributed by atoms with E-state index in [1.54, 1.807) is 36.4 Å². The maximum Gasteiger partial charge on any atom is 0.337 e. The maximum atomic E-state index is 13.0. The number of rotatable bonds is 7. The summed E-state index contributed by atoms with van der Waals surface area (Å²) in [6.07, 6.45) is 0.751. The summed E-state index contributed by atoms with van der Waals surface area (Å²) in [6, 6.07) is 15.2. The van der Waals surface area contributed by atoms with Crippen molar-refractivity contribution in [2.24, 2.45) is 0 Å². The molecular weight excluding hydrogens is 359 g/mol. The first-order valence-corrected chi connectivity index (χ1v) is 8.83. The minimum Gasteiger partial charge on any atom is -0.465 e. The zero-order valence-electron chi connectivity index (χ0n) is 15.7. The molecule has 2 aromatic carbocycles. The molecule has 144 valence electrons. The number of carbonyl (C=O) groups is 1. The number of benzene rings is 2. The number of hydrogen-bond acceptors (Lipinski definition) is 6. The summed E-state index contributed by atoms with van der Waals surface area (Å²) in [4.78, 5) is 20.3. The predicted molar refractivity (Wildman–Crippen MR) is 106 cm³/mol. The molecule has 0 spiro atoms. The highest BCUT2D eigenvalue weighted by molar-refractivity contribution is 5.89. The molecule has 0 aliphatic rings. The summed E-state index contributed by atoms with van der Waals surface area (Å²) in [5.41, 5.74) is 2.32. The Morgan fingerprint density at radius 2 is 1.71 bits per heavy atom. The molecule has 0 aliphatic carbocycles. The van der Waals surface area contributed by atoms with Gasteiger partial charge in [-0.1, -0.05) is 12.1 Å². The molecule has 3 rings (SSSR count). The first-order chi connectivity index (χ1) is 13.5. The minimum absolute atomic E-state index is 0.238. The third kappa shape index (κ3) is 5.26. The Morgan fingerprint density at radius 3 is 2.39 bits per heavy atom. The van der Waals surface area contributed by atoms with Gasteiger partial charge >= 0.3 is 5.97 Å². The highest BCUT2D eigenvalue weighted by Crippen LogP contribution is 2.18. The van der Waals surface area contributed by atoms with Gasteiger partial charge in [0.05, 0.1) is 12.7 Å². The van der Waals surface area contributed by atoms with E-state index in [0.717, 1.165) is 17.7 Å². The van der Waals surface area contributed by atoms with Crippen molar-refractivity contribution in [3.63, 3.8) is 0 Å². The monoisotopic (exact) mass is 380 g/mol. The number of nitrogens with zero attached hydrogens (tertiary/aromatic N) is 2. The lowest BCUT2D eigenvalue weighted by molar-refractivity contribution is 0.0601. The number of aryl methyl sites for hydroxylation is 1. The van der Waals surface area contributed by atoms with E-state index < -0.39 is 0 Å². The third-order valence-corrected chi connectivity index (χ3v) is 4.05. The molecule has 0 saturated heterocycles. The van der Waals surface area contributed by atoms with E-state index in [4.69, 9.17) is 4.74 Å². The van der Waals surface area contributed by atoms with Crippen LogP contribution in [0, 0.1) is 12.7 Å². The van der Waals surface area contributed by atoms with Crippen molar-refractivity contribution in [1.29, 1.82) is 0 Å². The van der Waals surface area contributed by atoms with Crippen molar-refractivity contribution in [2.75, 3.05) is 24.3 Å². The maximum absolute atomic E-state index is 13.0. The van der Waals surface area contributed by atoms with Crippen LogP contribution >= 0.6 is 0 Å². The largest absolute Gasteiger partial charge is 0.465 e. The number of aromatic nitrogens is 2. The fourth-order valence-electron chi connectivity index (χ4n) is 2.66. The summed E-state index contributed by atoms with van der Waals surface area (Å²) in [6.45, 7) is 2.48. The fourth-order valence-corrected chi connectivity index (χ4v) is 2.66. The Bertz CT molecular complexity index is 944. The first kappa shape index (κ1) is 19.3. The van der Waals surface area contributed by atoms with Crippen LogP contribution in [-0.4, -0.2) is 29.6 Å². The van der Waals surface area contributed by atoms with Crippen molar-refractivity contribution in [1.82, 2.24) is 9.97 Å². The Morgan fingerprint density at radius 1 is 1.04 bits per heavy atom. The molecule has 0 saturated carbocycles. The van der Waals surface area contributed by atoms with Gasteiger partial charge in [0, 0.05) is 18.3 Å². The van der Waals surface area contributed by atoms with E-state index in [2.05, 4.69) is 20.6 Å². The Kier molecular flexibility index (Phi) is 6.16. The quantitative estimate of drug-likeness (QED) is 0.601. The molecular formula is C21H21FN4O2. The Balaban J connectivity index is 1.62. The highest BCUT2D eigenvalue weighted by Gasteiger charge is 2.06. The topological polar surface area (TPSA) is 76.1 Å². The fraction of sp³-hybridized carbons (Fsp3) is 0.190. The van der Waals surface area contributed by atoms with E-state index in [1.165, 1.54) is 19.2 Å². The van der Waals surface area contributed by atoms with Crippen molar-refractivity contribution in [3.05, 3.63) is 77.4 Å². The Labute approximate surface area is 162 Å². The van der Waals surface area contributed by atoms with Gasteiger partial charge in [0.2, 0.25) is 0 Å². The van der Waals surface area contributed by atoms with Gasteiger partial charge in [-0.25, -0.2) is 19.2 Å². The predicted octanol–water partition coefficient (Wildman–Crippen LogP) is 4.11. The van der Waals surface area contributed by atoms with E-state index in [0.29, 0.717) is 29.6 Å². The molecule has 0 radical (unpaired) electrons. The average molecular weight is 380 g/mol. The zero-order chi connectivity index (χ0) is 19.9. The molecule has 0 amide bonds. The number of halogens is 1. The van der Waals surface area contributed by atoms with E-state index >= 15 is 0 Å². The number of methoxy groups -OCH3 is 1. The second kappa shape index (κ2) is 8.94. The average Bonchev–Trinajstić information content (AvgIpc) is 2.69. The zero-order valence-corrected chi connectivity index (χ0v) is 15.7. The van der Waals surface area contributed by atoms with Crippen LogP contribution in [0.1, 0.15) is 21.7 Å². The number of anilines is 3. The van der Waals surface area contributed by atoms with Gasteiger partial charge in [0.1, 0.15) is 23.3 Å². The summed E-state index contributed by atoms with van der Waals surface area (Å²) in [7, 11) is 1.35. The second-order valence-electron chi connectivity index (χ2n) is 6.18. The summed E-state index contributed by atoms with van der Waals surface area (Å²) in [5.74, 6) is 1.35. The molecule has 0 aliphatic heterocycles. The van der Waals surface area contributed by atoms with Gasteiger partial charge in [0.15, 0.2) is 0 Å². The first-order valence-electron chi connectivity index (χ1n) is 8.83. The number of hydrogen-bond donors (Lipinski definition) is 2. The molecule has 1 aromatic heterocycles. The summed E-state index contributed by atoms with van der Waals surface area (Å²) in [5, 5.41) is 6.46. The molecule has 6 nitrogen and oxygen atoms in total. The molecule has 0 bridgehead atoms. The molecule has 28 heavy (non-hydrogen) atoms. The number of esters is 1. The second-order valence-corrected chi connectivity index (χ2v) is 6.18. The van der Waals surface area contributed by atoms with Gasteiger partial charge in [-0.05, 0) is 55.3 Å². The molecule has 2 N–H and O–H groups in total. The smallest absolute Gasteiger partial charge is 0.337 e. The lowest BCUT2D eigenvalue weighted by atomic mass is 10.1. The van der Waals surface area contributed by atoms with Gasteiger partial charge in [-0.15, -0.1) is 0 Å². The molecule has 1 heterocycles. The number of ether oxygens (including phenoxy) is 1. The summed E-state index contributed by atoms with van der Waals surface area (Å²) >= 11 is 0. The standard InChI is InChI=1S/C21H21FN4O2/c1-14-24-19(23-12-11-15-3-7-17(22)8-4-15)13-20(25-14)26-18-9-5-16(6-10-18)21(27)28-2/h3-10,13H,11-12H2,1-2H3,(H2,23,24,25,26). The van der Waals surface area contributed by atoms with Crippen molar-refractivity contribution < 1.29 is 13.9 Å². The van der Waals surface area contributed by atoms with E-state index in [1.807, 2.05) is 13.0 Å². The van der Waals surface area contributed by atoms with Gasteiger partial charge in [0.25, 0.3) is 0 Å². The van der Waals surface area contributed by atoms with Crippen LogP contribution < -0.4 is 10.6 Å². The van der Waals surface area contributed by atoms with Crippen LogP contribution in [0.15, 0.2) is 54.6 Å². The van der Waals surface area contributed by atoms with Crippen LogP contribution in [0.4, 0.5) is 21.7 Å². The van der Waals surface area contributed by atoms with Crippen molar-refractivity contribution in [2.45, 2.75) is 13.3 Å². The minimum atomic E-state index is -0.378. The highest BCUT2D eigenvalue weighted by atomic mass is 19.1. The lowest BCUT2D eigenvalue weighted by Crippen LogP contribution is -2.08. The van der Waals surface area contributed by atoms with E-state index in [9.17, 15) is 9.18 Å². The lowest BCUT2D eigenvalue weighted by Gasteiger charge is -2.11. The molecule has 0 unspecified atom stereocenters. The van der Waals surface area contributed by atoms with Crippen molar-refractivity contribution >= 4 is 23.3 Å². The third-order valence-electron chi connectivity index (χ3n) is 4.05. The Hall–Kier alpha value is -3.48. The molecule has 0 fully saturated rings. The van der Waals surface area contributed by atoms with Crippen LogP contribution in [0.25, 0.3) is 0 Å². The molecule has 3 aromatic rings. The van der Waals surface area contributed by atoms with Gasteiger partial charge < -0.3 is 15.4 Å². The number of nitrogens with one attached hydrogen (secondary N) is 2.